The quantitative estimate of drug-likeness (QED) is 0.882. The lowest BCUT2D eigenvalue weighted by Gasteiger charge is -2.35. The van der Waals surface area contributed by atoms with Crippen LogP contribution in [0, 0.1) is 5.92 Å². The highest BCUT2D eigenvalue weighted by Crippen LogP contribution is 2.27. The van der Waals surface area contributed by atoms with Gasteiger partial charge >= 0.3 is 0 Å². The SMILES string of the molecule is COc1ccc2cc(CN3CCC(C4CCCN4)CC3)ccc2c1.Cl. The minimum Gasteiger partial charge on any atom is -0.497 e. The van der Waals surface area contributed by atoms with Gasteiger partial charge in [0.1, 0.15) is 5.75 Å². The number of benzene rings is 2. The van der Waals surface area contributed by atoms with Gasteiger partial charge in [0.05, 0.1) is 7.11 Å². The molecule has 3 nitrogen and oxygen atoms in total. The van der Waals surface area contributed by atoms with Crippen LogP contribution < -0.4 is 10.1 Å². The van der Waals surface area contributed by atoms with Crippen LogP contribution in [-0.4, -0.2) is 37.7 Å². The van der Waals surface area contributed by atoms with Crippen molar-refractivity contribution in [3.05, 3.63) is 42.0 Å². The van der Waals surface area contributed by atoms with E-state index >= 15 is 0 Å². The van der Waals surface area contributed by atoms with E-state index in [9.17, 15) is 0 Å². The minimum absolute atomic E-state index is 0. The molecular weight excluding hydrogens is 332 g/mol. The molecule has 1 unspecified atom stereocenters. The van der Waals surface area contributed by atoms with Crippen molar-refractivity contribution in [3.63, 3.8) is 0 Å². The third-order valence-electron chi connectivity index (χ3n) is 5.82. The highest BCUT2D eigenvalue weighted by atomic mass is 35.5. The Hall–Kier alpha value is -1.29. The van der Waals surface area contributed by atoms with Gasteiger partial charge in [-0.15, -0.1) is 12.4 Å². The summed E-state index contributed by atoms with van der Waals surface area (Å²) in [6, 6.07) is 13.9. The molecule has 2 saturated heterocycles. The van der Waals surface area contributed by atoms with E-state index in [-0.39, 0.29) is 12.4 Å². The van der Waals surface area contributed by atoms with Crippen molar-refractivity contribution in [1.82, 2.24) is 10.2 Å². The van der Waals surface area contributed by atoms with E-state index in [1.165, 1.54) is 61.7 Å². The first-order chi connectivity index (χ1) is 11.8. The Balaban J connectivity index is 0.00000182. The Morgan fingerprint density at radius 2 is 1.80 bits per heavy atom. The second kappa shape index (κ2) is 8.39. The van der Waals surface area contributed by atoms with Crippen molar-refractivity contribution in [2.45, 2.75) is 38.3 Å². The number of nitrogens with one attached hydrogen (secondary N) is 1. The number of ether oxygens (including phenoxy) is 1. The monoisotopic (exact) mass is 360 g/mol. The normalized spacial score (nSPS) is 22.0. The maximum absolute atomic E-state index is 5.31. The molecule has 0 aliphatic carbocycles. The molecule has 0 spiro atoms. The van der Waals surface area contributed by atoms with Gasteiger partial charge in [0.2, 0.25) is 0 Å². The number of rotatable bonds is 4. The molecule has 1 atom stereocenters. The van der Waals surface area contributed by atoms with E-state index in [2.05, 4.69) is 40.5 Å². The highest BCUT2D eigenvalue weighted by molar-refractivity contribution is 5.85. The summed E-state index contributed by atoms with van der Waals surface area (Å²) < 4.78 is 5.31. The lowest BCUT2D eigenvalue weighted by molar-refractivity contribution is 0.157. The number of likely N-dealkylation sites (tertiary alicyclic amines) is 1. The standard InChI is InChI=1S/C21H28N2O.ClH/c1-24-20-7-6-18-13-16(4-5-19(18)14-20)15-23-11-8-17(9-12-23)21-3-2-10-22-21;/h4-7,13-14,17,21-22H,2-3,8-12,15H2,1H3;1H. The molecule has 2 aliphatic heterocycles. The van der Waals surface area contributed by atoms with Crippen molar-refractivity contribution in [1.29, 1.82) is 0 Å². The van der Waals surface area contributed by atoms with Crippen molar-refractivity contribution >= 4 is 23.2 Å². The summed E-state index contributed by atoms with van der Waals surface area (Å²) in [5.74, 6) is 1.82. The van der Waals surface area contributed by atoms with E-state index < -0.39 is 0 Å². The molecule has 0 aromatic heterocycles. The molecule has 0 radical (unpaired) electrons. The largest absolute Gasteiger partial charge is 0.497 e. The molecule has 136 valence electrons. The molecule has 0 amide bonds. The Morgan fingerprint density at radius 1 is 1.04 bits per heavy atom. The van der Waals surface area contributed by atoms with Gasteiger partial charge in [-0.05, 0) is 85.8 Å². The fourth-order valence-corrected chi connectivity index (χ4v) is 4.38. The zero-order valence-corrected chi connectivity index (χ0v) is 15.9. The molecule has 25 heavy (non-hydrogen) atoms. The van der Waals surface area contributed by atoms with E-state index in [4.69, 9.17) is 4.74 Å². The fraction of sp³-hybridized carbons (Fsp3) is 0.524. The van der Waals surface area contributed by atoms with Crippen molar-refractivity contribution < 1.29 is 4.74 Å². The molecule has 2 aromatic rings. The van der Waals surface area contributed by atoms with Gasteiger partial charge in [0, 0.05) is 12.6 Å². The first-order valence-corrected chi connectivity index (χ1v) is 9.34. The molecule has 4 rings (SSSR count). The maximum atomic E-state index is 5.31. The van der Waals surface area contributed by atoms with Gasteiger partial charge in [-0.1, -0.05) is 18.2 Å². The Morgan fingerprint density at radius 3 is 2.52 bits per heavy atom. The van der Waals surface area contributed by atoms with Gasteiger partial charge in [0.15, 0.2) is 0 Å². The molecule has 2 aliphatic rings. The Bertz CT molecular complexity index is 691. The van der Waals surface area contributed by atoms with Crippen LogP contribution in [0.4, 0.5) is 0 Å². The van der Waals surface area contributed by atoms with Crippen LogP contribution >= 0.6 is 12.4 Å². The summed E-state index contributed by atoms with van der Waals surface area (Å²) in [5.41, 5.74) is 1.42. The van der Waals surface area contributed by atoms with E-state index in [1.807, 2.05) is 6.07 Å². The summed E-state index contributed by atoms with van der Waals surface area (Å²) in [4.78, 5) is 2.62. The van der Waals surface area contributed by atoms with Crippen LogP contribution in [0.2, 0.25) is 0 Å². The molecule has 4 heteroatoms. The van der Waals surface area contributed by atoms with Crippen molar-refractivity contribution in [2.24, 2.45) is 5.92 Å². The van der Waals surface area contributed by atoms with Gasteiger partial charge in [-0.2, -0.15) is 0 Å². The maximum Gasteiger partial charge on any atom is 0.119 e. The molecule has 0 bridgehead atoms. The van der Waals surface area contributed by atoms with Crippen LogP contribution in [0.15, 0.2) is 36.4 Å². The van der Waals surface area contributed by atoms with Crippen molar-refractivity contribution in [3.8, 4) is 5.75 Å². The summed E-state index contributed by atoms with van der Waals surface area (Å²) >= 11 is 0. The molecule has 2 fully saturated rings. The second-order valence-electron chi connectivity index (χ2n) is 7.36. The number of fused-ring (bicyclic) bond motifs is 1. The molecule has 1 N–H and O–H groups in total. The highest BCUT2D eigenvalue weighted by Gasteiger charge is 2.28. The zero-order chi connectivity index (χ0) is 16.4. The summed E-state index contributed by atoms with van der Waals surface area (Å²) in [7, 11) is 1.72. The van der Waals surface area contributed by atoms with Gasteiger partial charge in [-0.25, -0.2) is 0 Å². The third kappa shape index (κ3) is 4.28. The molecule has 2 heterocycles. The summed E-state index contributed by atoms with van der Waals surface area (Å²) in [5, 5.41) is 6.25. The third-order valence-corrected chi connectivity index (χ3v) is 5.82. The lowest BCUT2D eigenvalue weighted by atomic mass is 9.88. The number of piperidine rings is 1. The van der Waals surface area contributed by atoms with E-state index in [0.29, 0.717) is 0 Å². The van der Waals surface area contributed by atoms with E-state index in [0.717, 1.165) is 24.3 Å². The average molecular weight is 361 g/mol. The van der Waals surface area contributed by atoms with Crippen LogP contribution in [-0.2, 0) is 6.54 Å². The zero-order valence-electron chi connectivity index (χ0n) is 15.0. The van der Waals surface area contributed by atoms with E-state index in [1.54, 1.807) is 7.11 Å². The predicted molar refractivity (Wildman–Crippen MR) is 107 cm³/mol. The molecular formula is C21H29ClN2O. The minimum atomic E-state index is 0. The topological polar surface area (TPSA) is 24.5 Å². The van der Waals surface area contributed by atoms with Gasteiger partial charge in [-0.3, -0.25) is 4.90 Å². The van der Waals surface area contributed by atoms with Crippen molar-refractivity contribution in [2.75, 3.05) is 26.7 Å². The Labute approximate surface area is 157 Å². The smallest absolute Gasteiger partial charge is 0.119 e. The van der Waals surface area contributed by atoms with Crippen LogP contribution in [0.3, 0.4) is 0 Å². The number of hydrogen-bond donors (Lipinski definition) is 1. The summed E-state index contributed by atoms with van der Waals surface area (Å²) in [6.45, 7) is 4.78. The Kier molecular flexibility index (Phi) is 6.21. The van der Waals surface area contributed by atoms with Crippen LogP contribution in [0.25, 0.3) is 10.8 Å². The van der Waals surface area contributed by atoms with Gasteiger partial charge < -0.3 is 10.1 Å². The predicted octanol–water partition coefficient (Wildman–Crippen LogP) is 4.23. The first-order valence-electron chi connectivity index (χ1n) is 9.34. The molecule has 2 aromatic carbocycles. The number of halogens is 1. The number of methoxy groups -OCH3 is 1. The molecule has 0 saturated carbocycles. The first kappa shape index (κ1) is 18.5. The van der Waals surface area contributed by atoms with Gasteiger partial charge in [0.25, 0.3) is 0 Å². The second-order valence-corrected chi connectivity index (χ2v) is 7.36. The lowest BCUT2D eigenvalue weighted by Crippen LogP contribution is -2.40. The van der Waals surface area contributed by atoms with Crippen LogP contribution in [0.5, 0.6) is 5.75 Å². The number of hydrogen-bond acceptors (Lipinski definition) is 3. The average Bonchev–Trinajstić information content (AvgIpc) is 3.16. The van der Waals surface area contributed by atoms with Crippen LogP contribution in [0.1, 0.15) is 31.2 Å². The summed E-state index contributed by atoms with van der Waals surface area (Å²) in [6.07, 6.45) is 5.45. The number of nitrogens with zero attached hydrogens (tertiary/aromatic N) is 1. The fourth-order valence-electron chi connectivity index (χ4n) is 4.38.